The van der Waals surface area contributed by atoms with Crippen molar-refractivity contribution in [3.63, 3.8) is 0 Å². The molecule has 0 bridgehead atoms. The maximum absolute atomic E-state index is 10.3. The number of aryl methyl sites for hydroxylation is 3. The smallest absolute Gasteiger partial charge is 0.216 e. The average Bonchev–Trinajstić information content (AvgIpc) is 2.73. The number of rotatable bonds is 6. The van der Waals surface area contributed by atoms with Crippen molar-refractivity contribution < 1.29 is 9.84 Å². The second kappa shape index (κ2) is 6.74. The number of aliphatic hydroxyl groups excluding tert-OH is 1. The molecule has 0 aliphatic carbocycles. The Morgan fingerprint density at radius 1 is 1.33 bits per heavy atom. The van der Waals surface area contributed by atoms with Gasteiger partial charge in [0.2, 0.25) is 5.88 Å². The van der Waals surface area contributed by atoms with Crippen LogP contribution in [0.4, 0.5) is 0 Å². The number of aliphatic hydroxyl groups is 1. The Bertz CT molecular complexity index is 608. The molecule has 0 spiro atoms. The number of benzene rings is 1. The molecule has 0 fully saturated rings. The van der Waals surface area contributed by atoms with Gasteiger partial charge in [-0.3, -0.25) is 0 Å². The van der Waals surface area contributed by atoms with E-state index in [4.69, 9.17) is 4.74 Å². The molecule has 114 valence electrons. The van der Waals surface area contributed by atoms with Gasteiger partial charge in [-0.25, -0.2) is 4.68 Å². The molecule has 1 aromatic carbocycles. The summed E-state index contributed by atoms with van der Waals surface area (Å²) >= 11 is 0. The first kappa shape index (κ1) is 15.5. The summed E-state index contributed by atoms with van der Waals surface area (Å²) < 4.78 is 7.08. The van der Waals surface area contributed by atoms with Crippen molar-refractivity contribution in [2.45, 2.75) is 26.5 Å². The molecule has 1 aromatic heterocycles. The summed E-state index contributed by atoms with van der Waals surface area (Å²) in [6.07, 6.45) is -0.519. The second-order valence-electron chi connectivity index (χ2n) is 5.20. The van der Waals surface area contributed by atoms with Gasteiger partial charge in [-0.05, 0) is 25.0 Å². The molecule has 0 radical (unpaired) electrons. The number of methoxy groups -OCH3 is 1. The third-order valence-corrected chi connectivity index (χ3v) is 3.67. The van der Waals surface area contributed by atoms with Gasteiger partial charge in [-0.15, -0.1) is 0 Å². The predicted octanol–water partition coefficient (Wildman–Crippen LogP) is 1.87. The summed E-state index contributed by atoms with van der Waals surface area (Å²) in [5, 5.41) is 17.9. The Hall–Kier alpha value is -1.85. The molecular formula is C16H23N3O2. The number of hydrogen-bond donors (Lipinski definition) is 2. The molecule has 0 aliphatic heterocycles. The Kier molecular flexibility index (Phi) is 4.98. The molecule has 0 aliphatic rings. The summed E-state index contributed by atoms with van der Waals surface area (Å²) in [5.74, 6) is 0.755. The first-order chi connectivity index (χ1) is 10.0. The summed E-state index contributed by atoms with van der Waals surface area (Å²) in [7, 11) is 3.50. The van der Waals surface area contributed by atoms with Crippen molar-refractivity contribution in [3.05, 3.63) is 46.6 Å². The molecule has 5 nitrogen and oxygen atoms in total. The van der Waals surface area contributed by atoms with E-state index in [-0.39, 0.29) is 0 Å². The van der Waals surface area contributed by atoms with Gasteiger partial charge >= 0.3 is 0 Å². The van der Waals surface area contributed by atoms with Crippen LogP contribution >= 0.6 is 0 Å². The molecule has 2 rings (SSSR count). The molecule has 1 unspecified atom stereocenters. The van der Waals surface area contributed by atoms with Crippen LogP contribution in [0.5, 0.6) is 5.88 Å². The largest absolute Gasteiger partial charge is 0.481 e. The van der Waals surface area contributed by atoms with Crippen molar-refractivity contribution in [2.75, 3.05) is 13.7 Å². The molecule has 2 aromatic rings. The Morgan fingerprint density at radius 3 is 2.71 bits per heavy atom. The fraction of sp³-hybridized carbons (Fsp3) is 0.438. The number of aromatic nitrogens is 2. The van der Waals surface area contributed by atoms with Gasteiger partial charge in [0.05, 0.1) is 24.5 Å². The van der Waals surface area contributed by atoms with Crippen molar-refractivity contribution in [1.82, 2.24) is 15.1 Å². The van der Waals surface area contributed by atoms with Crippen LogP contribution in [0.15, 0.2) is 24.3 Å². The zero-order valence-electron chi connectivity index (χ0n) is 13.1. The van der Waals surface area contributed by atoms with Gasteiger partial charge < -0.3 is 15.2 Å². The van der Waals surface area contributed by atoms with Crippen LogP contribution in [0.2, 0.25) is 0 Å². The third kappa shape index (κ3) is 3.43. The van der Waals surface area contributed by atoms with Gasteiger partial charge in [0.15, 0.2) is 0 Å². The first-order valence-electron chi connectivity index (χ1n) is 7.05. The van der Waals surface area contributed by atoms with E-state index < -0.39 is 6.10 Å². The Morgan fingerprint density at radius 2 is 2.05 bits per heavy atom. The lowest BCUT2D eigenvalue weighted by molar-refractivity contribution is 0.173. The van der Waals surface area contributed by atoms with Gasteiger partial charge in [0, 0.05) is 20.1 Å². The highest BCUT2D eigenvalue weighted by Crippen LogP contribution is 2.21. The van der Waals surface area contributed by atoms with Crippen molar-refractivity contribution in [1.29, 1.82) is 0 Å². The predicted molar refractivity (Wildman–Crippen MR) is 82.3 cm³/mol. The standard InChI is InChI=1S/C16H23N3O2/c1-11-7-5-6-8-13(11)15(20)10-17-9-14-12(2)18-19(3)16(14)21-4/h5-8,15,17,20H,9-10H2,1-4H3. The minimum absolute atomic E-state index is 0.488. The fourth-order valence-electron chi connectivity index (χ4n) is 2.54. The van der Waals surface area contributed by atoms with Crippen LogP contribution in [0.3, 0.4) is 0 Å². The van der Waals surface area contributed by atoms with Gasteiger partial charge in [-0.2, -0.15) is 5.10 Å². The van der Waals surface area contributed by atoms with E-state index >= 15 is 0 Å². The summed E-state index contributed by atoms with van der Waals surface area (Å²) in [5.41, 5.74) is 4.02. The van der Waals surface area contributed by atoms with E-state index in [1.54, 1.807) is 11.8 Å². The molecule has 0 amide bonds. The van der Waals surface area contributed by atoms with Gasteiger partial charge in [0.1, 0.15) is 0 Å². The van der Waals surface area contributed by atoms with Crippen molar-refractivity contribution >= 4 is 0 Å². The number of hydrogen-bond acceptors (Lipinski definition) is 4. The summed E-state index contributed by atoms with van der Waals surface area (Å²) in [4.78, 5) is 0. The van der Waals surface area contributed by atoms with Crippen molar-refractivity contribution in [2.24, 2.45) is 7.05 Å². The van der Waals surface area contributed by atoms with E-state index in [9.17, 15) is 5.11 Å². The van der Waals surface area contributed by atoms with E-state index in [2.05, 4.69) is 10.4 Å². The number of nitrogens with one attached hydrogen (secondary N) is 1. The molecule has 1 atom stereocenters. The van der Waals surface area contributed by atoms with Gasteiger partial charge in [0.25, 0.3) is 0 Å². The maximum Gasteiger partial charge on any atom is 0.216 e. The molecule has 5 heteroatoms. The topological polar surface area (TPSA) is 59.3 Å². The molecule has 2 N–H and O–H groups in total. The van der Waals surface area contributed by atoms with E-state index in [0.717, 1.165) is 28.3 Å². The van der Waals surface area contributed by atoms with Gasteiger partial charge in [-0.1, -0.05) is 24.3 Å². The lowest BCUT2D eigenvalue weighted by Crippen LogP contribution is -2.22. The molecular weight excluding hydrogens is 266 g/mol. The van der Waals surface area contributed by atoms with Crippen molar-refractivity contribution in [3.8, 4) is 5.88 Å². The monoisotopic (exact) mass is 289 g/mol. The van der Waals surface area contributed by atoms with Crippen LogP contribution in [-0.4, -0.2) is 28.5 Å². The quantitative estimate of drug-likeness (QED) is 0.852. The first-order valence-corrected chi connectivity index (χ1v) is 7.05. The average molecular weight is 289 g/mol. The summed E-state index contributed by atoms with van der Waals surface area (Å²) in [6.45, 7) is 5.07. The van der Waals surface area contributed by atoms with E-state index in [0.29, 0.717) is 13.1 Å². The minimum atomic E-state index is -0.519. The zero-order chi connectivity index (χ0) is 15.4. The van der Waals surface area contributed by atoms with Crippen LogP contribution < -0.4 is 10.1 Å². The fourth-order valence-corrected chi connectivity index (χ4v) is 2.54. The summed E-state index contributed by atoms with van der Waals surface area (Å²) in [6, 6.07) is 7.88. The normalized spacial score (nSPS) is 12.4. The highest BCUT2D eigenvalue weighted by molar-refractivity contribution is 5.31. The Balaban J connectivity index is 1.97. The highest BCUT2D eigenvalue weighted by atomic mass is 16.5. The zero-order valence-corrected chi connectivity index (χ0v) is 13.1. The molecule has 0 saturated carbocycles. The van der Waals surface area contributed by atoms with Crippen LogP contribution in [0, 0.1) is 13.8 Å². The lowest BCUT2D eigenvalue weighted by atomic mass is 10.0. The van der Waals surface area contributed by atoms with E-state index in [1.807, 2.05) is 45.2 Å². The van der Waals surface area contributed by atoms with Crippen LogP contribution in [0.25, 0.3) is 0 Å². The maximum atomic E-state index is 10.3. The molecule has 0 saturated heterocycles. The van der Waals surface area contributed by atoms with Crippen LogP contribution in [-0.2, 0) is 13.6 Å². The third-order valence-electron chi connectivity index (χ3n) is 3.67. The second-order valence-corrected chi connectivity index (χ2v) is 5.20. The Labute approximate surface area is 125 Å². The minimum Gasteiger partial charge on any atom is -0.481 e. The lowest BCUT2D eigenvalue weighted by Gasteiger charge is -2.14. The van der Waals surface area contributed by atoms with Crippen LogP contribution in [0.1, 0.15) is 28.5 Å². The van der Waals surface area contributed by atoms with E-state index in [1.165, 1.54) is 0 Å². The molecule has 21 heavy (non-hydrogen) atoms. The molecule has 1 heterocycles. The SMILES string of the molecule is COc1c(CNCC(O)c2ccccc2C)c(C)nn1C. The number of nitrogens with zero attached hydrogens (tertiary/aromatic N) is 2. The highest BCUT2D eigenvalue weighted by Gasteiger charge is 2.14. The number of ether oxygens (including phenoxy) is 1.